The lowest BCUT2D eigenvalue weighted by Crippen LogP contribution is -2.41. The Balaban J connectivity index is 2.40. The van der Waals surface area contributed by atoms with Crippen molar-refractivity contribution in [3.05, 3.63) is 12.3 Å². The maximum Gasteiger partial charge on any atom is 0.514 e. The first kappa shape index (κ1) is 6.82. The normalized spacial score (nSPS) is 29.0. The Labute approximate surface area is 104 Å². The highest BCUT2D eigenvalue weighted by Crippen LogP contribution is 2.36. The van der Waals surface area contributed by atoms with E-state index in [-0.39, 0.29) is 5.59 Å². The highest BCUT2D eigenvalue weighted by molar-refractivity contribution is 6.61. The van der Waals surface area contributed by atoms with Crippen LogP contribution in [0, 0.1) is 0 Å². The number of hydrogen-bond donors (Lipinski definition) is 0. The second kappa shape index (κ2) is 3.60. The molecule has 0 radical (unpaired) electrons. The van der Waals surface area contributed by atoms with Crippen LogP contribution in [0.2, 0.25) is 0 Å². The van der Waals surface area contributed by atoms with Gasteiger partial charge in [0, 0.05) is 16.8 Å². The molecule has 0 aromatic carbocycles. The predicted molar refractivity (Wildman–Crippen MR) is 63.6 cm³/mol. The van der Waals surface area contributed by atoms with Crippen LogP contribution in [0.4, 0.5) is 0 Å². The van der Waals surface area contributed by atoms with Gasteiger partial charge in [-0.25, -0.2) is 0 Å². The summed E-state index contributed by atoms with van der Waals surface area (Å²) in [5, 5.41) is 3.82. The lowest BCUT2D eigenvalue weighted by Gasteiger charge is -2.32. The summed E-state index contributed by atoms with van der Waals surface area (Å²) in [6, 6.07) is 1.51. The van der Waals surface area contributed by atoms with Crippen molar-refractivity contribution in [1.82, 2.24) is 9.78 Å². The number of aryl methyl sites for hydroxylation is 1. The van der Waals surface area contributed by atoms with Gasteiger partial charge in [-0.2, -0.15) is 5.10 Å². The molecule has 0 saturated carbocycles. The molecule has 0 amide bonds. The van der Waals surface area contributed by atoms with Gasteiger partial charge in [-0.05, 0) is 40.6 Å². The average molecular weight is 227 g/mol. The molecule has 4 nitrogen and oxygen atoms in total. The minimum Gasteiger partial charge on any atom is -0.398 e. The number of rotatable bonds is 2. The molecule has 1 fully saturated rings. The summed E-state index contributed by atoms with van der Waals surface area (Å²) in [5.74, 6) is 0. The Hall–Kier alpha value is -0.805. The molecule has 0 aliphatic carbocycles. The molecule has 1 aliphatic heterocycles. The van der Waals surface area contributed by atoms with E-state index in [9.17, 15) is 0 Å². The van der Waals surface area contributed by atoms with Crippen LogP contribution in [0.15, 0.2) is 12.3 Å². The third kappa shape index (κ3) is 1.68. The highest BCUT2D eigenvalue weighted by atomic mass is 16.7. The quantitative estimate of drug-likeness (QED) is 0.712. The third-order valence-corrected chi connectivity index (χ3v) is 3.27. The Kier molecular flexibility index (Phi) is 1.53. The minimum atomic E-state index is -2.85. The summed E-state index contributed by atoms with van der Waals surface area (Å²) in [6.45, 7) is 1.98. The van der Waals surface area contributed by atoms with Crippen molar-refractivity contribution < 1.29 is 16.2 Å². The zero-order valence-corrected chi connectivity index (χ0v) is 9.94. The number of nitrogens with zero attached hydrogens (tertiary/aromatic N) is 2. The second-order valence-corrected chi connectivity index (χ2v) is 4.87. The van der Waals surface area contributed by atoms with Gasteiger partial charge in [0.25, 0.3) is 0 Å². The third-order valence-electron chi connectivity index (χ3n) is 3.27. The smallest absolute Gasteiger partial charge is 0.398 e. The van der Waals surface area contributed by atoms with Crippen molar-refractivity contribution in [3.8, 4) is 0 Å². The number of hydrogen-bond acceptors (Lipinski definition) is 3. The molecule has 1 aromatic rings. The van der Waals surface area contributed by atoms with Crippen LogP contribution in [0.1, 0.15) is 41.4 Å². The molecular formula is C11H19BN2O2. The molecule has 0 spiro atoms. The summed E-state index contributed by atoms with van der Waals surface area (Å²) in [4.78, 5) is 0. The van der Waals surface area contributed by atoms with E-state index >= 15 is 0 Å². The van der Waals surface area contributed by atoms with Gasteiger partial charge in [-0.15, -0.1) is 0 Å². The van der Waals surface area contributed by atoms with E-state index in [0.29, 0.717) is 0 Å². The molecule has 0 atom stereocenters. The van der Waals surface area contributed by atoms with E-state index in [4.69, 9.17) is 16.2 Å². The van der Waals surface area contributed by atoms with Crippen LogP contribution < -0.4 is 5.59 Å². The summed E-state index contributed by atoms with van der Waals surface area (Å²) < 4.78 is 50.2. The first-order chi connectivity index (χ1) is 9.30. The molecule has 1 saturated heterocycles. The van der Waals surface area contributed by atoms with Gasteiger partial charge in [-0.3, -0.25) is 4.68 Å². The largest absolute Gasteiger partial charge is 0.514 e. The van der Waals surface area contributed by atoms with Crippen molar-refractivity contribution in [2.45, 2.75) is 52.2 Å². The number of aromatic nitrogens is 2. The Morgan fingerprint density at radius 3 is 2.62 bits per heavy atom. The lowest BCUT2D eigenvalue weighted by molar-refractivity contribution is 0.00578. The van der Waals surface area contributed by atoms with Gasteiger partial charge in [0.2, 0.25) is 0 Å². The zero-order valence-electron chi connectivity index (χ0n) is 14.9. The standard InChI is InChI=1S/C11H19BN2O2/c1-6-14-9(7-8-13-14)12-15-10(2,3)11(4,5)16-12/h7-8H,6H2,1-5H3/i1D3,6D2. The van der Waals surface area contributed by atoms with Crippen LogP contribution in [0.25, 0.3) is 0 Å². The first-order valence-corrected chi connectivity index (χ1v) is 5.20. The molecule has 16 heavy (non-hydrogen) atoms. The summed E-state index contributed by atoms with van der Waals surface area (Å²) >= 11 is 0. The Morgan fingerprint density at radius 1 is 1.44 bits per heavy atom. The van der Waals surface area contributed by atoms with Gasteiger partial charge in [0.15, 0.2) is 0 Å². The van der Waals surface area contributed by atoms with E-state index in [1.165, 1.54) is 12.3 Å². The van der Waals surface area contributed by atoms with Crippen LogP contribution in [0.3, 0.4) is 0 Å². The highest BCUT2D eigenvalue weighted by Gasteiger charge is 2.52. The maximum atomic E-state index is 7.83. The molecule has 5 heteroatoms. The minimum absolute atomic E-state index is 0.245. The molecule has 1 aliphatic rings. The maximum absolute atomic E-state index is 7.83. The van der Waals surface area contributed by atoms with E-state index in [1.807, 2.05) is 27.7 Å². The van der Waals surface area contributed by atoms with Crippen molar-refractivity contribution in [2.24, 2.45) is 0 Å². The fraction of sp³-hybridized carbons (Fsp3) is 0.727. The molecule has 2 rings (SSSR count). The molecule has 0 bridgehead atoms. The van der Waals surface area contributed by atoms with Crippen molar-refractivity contribution in [1.29, 1.82) is 0 Å². The fourth-order valence-corrected chi connectivity index (χ4v) is 1.55. The average Bonchev–Trinajstić information content (AvgIpc) is 2.80. The van der Waals surface area contributed by atoms with Crippen molar-refractivity contribution in [2.75, 3.05) is 0 Å². The fourth-order valence-electron chi connectivity index (χ4n) is 1.55. The molecule has 0 unspecified atom stereocenters. The Morgan fingerprint density at radius 2 is 2.06 bits per heavy atom. The van der Waals surface area contributed by atoms with Gasteiger partial charge in [0.05, 0.1) is 19.5 Å². The monoisotopic (exact) mass is 227 g/mol. The second-order valence-electron chi connectivity index (χ2n) is 4.87. The van der Waals surface area contributed by atoms with Gasteiger partial charge in [0.1, 0.15) is 0 Å². The van der Waals surface area contributed by atoms with Crippen molar-refractivity contribution in [3.63, 3.8) is 0 Å². The Bertz CT molecular complexity index is 525. The first-order valence-electron chi connectivity index (χ1n) is 7.70. The molecule has 0 N–H and O–H groups in total. The van der Waals surface area contributed by atoms with Gasteiger partial charge < -0.3 is 9.31 Å². The molecule has 88 valence electrons. The van der Waals surface area contributed by atoms with Crippen LogP contribution in [-0.4, -0.2) is 28.1 Å². The lowest BCUT2D eigenvalue weighted by atomic mass is 9.85. The molecular weight excluding hydrogens is 203 g/mol. The van der Waals surface area contributed by atoms with E-state index in [0.717, 1.165) is 4.68 Å². The molecule has 1 aromatic heterocycles. The van der Waals surface area contributed by atoms with Crippen molar-refractivity contribution >= 4 is 12.7 Å². The van der Waals surface area contributed by atoms with E-state index in [2.05, 4.69) is 5.10 Å². The van der Waals surface area contributed by atoms with Gasteiger partial charge >= 0.3 is 7.12 Å². The predicted octanol–water partition coefficient (Wildman–Crippen LogP) is 1.20. The topological polar surface area (TPSA) is 36.3 Å². The summed E-state index contributed by atoms with van der Waals surface area (Å²) in [6.07, 6.45) is 1.34. The molecule has 2 heterocycles. The van der Waals surface area contributed by atoms with E-state index < -0.39 is 31.7 Å². The summed E-state index contributed by atoms with van der Waals surface area (Å²) in [5.41, 5.74) is -0.950. The summed E-state index contributed by atoms with van der Waals surface area (Å²) in [7, 11) is -0.866. The zero-order chi connectivity index (χ0) is 16.3. The SMILES string of the molecule is [2H]C([2H])([2H])C([2H])([2H])n1nccc1B1OC(C)(C)C(C)(C)O1. The van der Waals surface area contributed by atoms with Crippen LogP contribution in [-0.2, 0) is 15.8 Å². The van der Waals surface area contributed by atoms with Gasteiger partial charge in [-0.1, -0.05) is 0 Å². The van der Waals surface area contributed by atoms with Crippen LogP contribution in [0.5, 0.6) is 0 Å². The van der Waals surface area contributed by atoms with E-state index in [1.54, 1.807) is 0 Å². The van der Waals surface area contributed by atoms with Crippen LogP contribution >= 0.6 is 0 Å².